The van der Waals surface area contributed by atoms with E-state index < -0.39 is 0 Å². The second-order valence-corrected chi connectivity index (χ2v) is 3.96. The van der Waals surface area contributed by atoms with Crippen LogP contribution in [-0.2, 0) is 0 Å². The number of hydrogen-bond acceptors (Lipinski definition) is 5. The fourth-order valence-corrected chi connectivity index (χ4v) is 1.96. The predicted octanol–water partition coefficient (Wildman–Crippen LogP) is -0.769. The summed E-state index contributed by atoms with van der Waals surface area (Å²) in [5.74, 6) is 0.468. The number of H-pyrrole nitrogens is 1. The zero-order valence-corrected chi connectivity index (χ0v) is 8.89. The second kappa shape index (κ2) is 4.48. The van der Waals surface area contributed by atoms with Gasteiger partial charge < -0.3 is 15.7 Å². The summed E-state index contributed by atoms with van der Waals surface area (Å²) in [6.07, 6.45) is 1.66. The monoisotopic (exact) mass is 225 g/mol. The fraction of sp³-hybridized carbons (Fsp3) is 0.667. The molecular weight excluding hydrogens is 210 g/mol. The van der Waals surface area contributed by atoms with Gasteiger partial charge in [-0.05, 0) is 18.8 Å². The topological polar surface area (TPSA) is 108 Å². The maximum atomic E-state index is 11.9. The maximum Gasteiger partial charge on any atom is 0.291 e. The Morgan fingerprint density at radius 2 is 2.50 bits per heavy atom. The predicted molar refractivity (Wildman–Crippen MR) is 56.5 cm³/mol. The van der Waals surface area contributed by atoms with E-state index in [9.17, 15) is 4.79 Å². The van der Waals surface area contributed by atoms with E-state index in [4.69, 9.17) is 10.8 Å². The number of hydrogen-bond donors (Lipinski definition) is 3. The van der Waals surface area contributed by atoms with Crippen LogP contribution < -0.4 is 5.73 Å². The molecule has 0 saturated carbocycles. The molecule has 0 bridgehead atoms. The molecule has 1 amide bonds. The lowest BCUT2D eigenvalue weighted by Gasteiger charge is -2.14. The molecule has 4 N–H and O–H groups in total. The number of anilines is 1. The van der Waals surface area contributed by atoms with Gasteiger partial charge in [0.1, 0.15) is 0 Å². The molecule has 1 saturated heterocycles. The molecular formula is C9H15N5O2. The number of carbonyl (C=O) groups is 1. The number of rotatable bonds is 3. The van der Waals surface area contributed by atoms with Crippen molar-refractivity contribution in [2.75, 3.05) is 25.4 Å². The van der Waals surface area contributed by atoms with E-state index >= 15 is 0 Å². The van der Waals surface area contributed by atoms with Gasteiger partial charge in [-0.3, -0.25) is 9.89 Å². The van der Waals surface area contributed by atoms with Gasteiger partial charge in [-0.2, -0.15) is 4.98 Å². The van der Waals surface area contributed by atoms with Crippen LogP contribution in [-0.4, -0.2) is 50.8 Å². The molecule has 0 spiro atoms. The minimum atomic E-state index is -0.176. The maximum absolute atomic E-state index is 11.9. The van der Waals surface area contributed by atoms with Gasteiger partial charge in [0.15, 0.2) is 0 Å². The molecule has 1 unspecified atom stereocenters. The van der Waals surface area contributed by atoms with Gasteiger partial charge in [0.2, 0.25) is 11.8 Å². The number of nitrogens with zero attached hydrogens (tertiary/aromatic N) is 3. The quantitative estimate of drug-likeness (QED) is 0.626. The molecule has 1 fully saturated rings. The van der Waals surface area contributed by atoms with Gasteiger partial charge in [0.25, 0.3) is 5.91 Å². The first-order chi connectivity index (χ1) is 7.70. The molecule has 88 valence electrons. The van der Waals surface area contributed by atoms with Crippen molar-refractivity contribution >= 4 is 11.9 Å². The number of carbonyl (C=O) groups excluding carboxylic acids is 1. The average molecular weight is 225 g/mol. The number of aliphatic hydroxyl groups excluding tert-OH is 1. The van der Waals surface area contributed by atoms with Crippen molar-refractivity contribution < 1.29 is 9.90 Å². The van der Waals surface area contributed by atoms with Crippen LogP contribution in [0.3, 0.4) is 0 Å². The number of likely N-dealkylation sites (tertiary alicyclic amines) is 1. The summed E-state index contributed by atoms with van der Waals surface area (Å²) in [6.45, 7) is 1.53. The van der Waals surface area contributed by atoms with Gasteiger partial charge in [-0.25, -0.2) is 0 Å². The van der Waals surface area contributed by atoms with E-state index in [0.717, 1.165) is 12.8 Å². The molecule has 7 heteroatoms. The second-order valence-electron chi connectivity index (χ2n) is 3.96. The fourth-order valence-electron chi connectivity index (χ4n) is 1.96. The summed E-state index contributed by atoms with van der Waals surface area (Å²) >= 11 is 0. The highest BCUT2D eigenvalue weighted by atomic mass is 16.3. The number of nitrogen functional groups attached to an aromatic ring is 1. The molecule has 1 aliphatic heterocycles. The van der Waals surface area contributed by atoms with Crippen molar-refractivity contribution in [2.24, 2.45) is 5.92 Å². The van der Waals surface area contributed by atoms with Crippen LogP contribution >= 0.6 is 0 Å². The third-order valence-corrected chi connectivity index (χ3v) is 2.82. The molecule has 7 nitrogen and oxygen atoms in total. The van der Waals surface area contributed by atoms with Crippen LogP contribution in [0.1, 0.15) is 23.5 Å². The molecule has 1 aromatic heterocycles. The summed E-state index contributed by atoms with van der Waals surface area (Å²) in [6, 6.07) is 0. The summed E-state index contributed by atoms with van der Waals surface area (Å²) < 4.78 is 0. The number of nitrogens with one attached hydrogen (secondary N) is 1. The van der Waals surface area contributed by atoms with Crippen LogP contribution in [0, 0.1) is 5.92 Å². The van der Waals surface area contributed by atoms with Gasteiger partial charge in [0, 0.05) is 19.7 Å². The Bertz CT molecular complexity index is 378. The van der Waals surface area contributed by atoms with Crippen molar-refractivity contribution in [1.29, 1.82) is 0 Å². The Balaban J connectivity index is 1.97. The standard InChI is InChI=1S/C9H15N5O2/c10-9-11-7(12-13-9)8(16)14-3-1-6(5-14)2-4-15/h6,15H,1-5H2,(H3,10,11,12,13). The Hall–Kier alpha value is -1.63. The molecule has 0 aliphatic carbocycles. The Morgan fingerprint density at radius 3 is 3.12 bits per heavy atom. The lowest BCUT2D eigenvalue weighted by Crippen LogP contribution is -2.29. The van der Waals surface area contributed by atoms with Crippen LogP contribution in [0.4, 0.5) is 5.95 Å². The van der Waals surface area contributed by atoms with Crippen LogP contribution in [0.2, 0.25) is 0 Å². The van der Waals surface area contributed by atoms with E-state index in [1.807, 2.05) is 0 Å². The molecule has 0 aromatic carbocycles. The SMILES string of the molecule is Nc1n[nH]c(C(=O)N2CCC(CCO)C2)n1. The smallest absolute Gasteiger partial charge is 0.291 e. The Kier molecular flexibility index (Phi) is 3.04. The van der Waals surface area contributed by atoms with Crippen LogP contribution in [0.5, 0.6) is 0 Å². The summed E-state index contributed by atoms with van der Waals surface area (Å²) in [5, 5.41) is 14.9. The molecule has 0 radical (unpaired) electrons. The third kappa shape index (κ3) is 2.13. The van der Waals surface area contributed by atoms with Gasteiger partial charge >= 0.3 is 0 Å². The van der Waals surface area contributed by atoms with Gasteiger partial charge in [0.05, 0.1) is 0 Å². The van der Waals surface area contributed by atoms with Crippen molar-refractivity contribution in [3.63, 3.8) is 0 Å². The summed E-state index contributed by atoms with van der Waals surface area (Å²) in [4.78, 5) is 17.4. The number of amides is 1. The van der Waals surface area contributed by atoms with Crippen molar-refractivity contribution in [3.05, 3.63) is 5.82 Å². The van der Waals surface area contributed by atoms with Crippen molar-refractivity contribution in [1.82, 2.24) is 20.1 Å². The van der Waals surface area contributed by atoms with Crippen molar-refractivity contribution in [2.45, 2.75) is 12.8 Å². The van der Waals surface area contributed by atoms with Gasteiger partial charge in [-0.1, -0.05) is 0 Å². The first-order valence-electron chi connectivity index (χ1n) is 5.28. The summed E-state index contributed by atoms with van der Waals surface area (Å²) in [7, 11) is 0. The van der Waals surface area contributed by atoms with E-state index in [0.29, 0.717) is 19.0 Å². The minimum Gasteiger partial charge on any atom is -0.396 e. The normalized spacial score (nSPS) is 20.3. The van der Waals surface area contributed by atoms with Gasteiger partial charge in [-0.15, -0.1) is 5.10 Å². The molecule has 1 aliphatic rings. The average Bonchev–Trinajstić information content (AvgIpc) is 2.87. The minimum absolute atomic E-state index is 0.0782. The lowest BCUT2D eigenvalue weighted by atomic mass is 10.1. The Morgan fingerprint density at radius 1 is 1.69 bits per heavy atom. The lowest BCUT2D eigenvalue weighted by molar-refractivity contribution is 0.0773. The zero-order valence-electron chi connectivity index (χ0n) is 8.89. The molecule has 1 atom stereocenters. The third-order valence-electron chi connectivity index (χ3n) is 2.82. The molecule has 16 heavy (non-hydrogen) atoms. The summed E-state index contributed by atoms with van der Waals surface area (Å²) in [5.41, 5.74) is 5.33. The molecule has 1 aromatic rings. The molecule has 2 rings (SSSR count). The number of nitrogens with two attached hydrogens (primary N) is 1. The molecule has 2 heterocycles. The zero-order chi connectivity index (χ0) is 11.5. The Labute approximate surface area is 92.7 Å². The highest BCUT2D eigenvalue weighted by Gasteiger charge is 2.28. The van der Waals surface area contributed by atoms with Crippen molar-refractivity contribution in [3.8, 4) is 0 Å². The number of aromatic amines is 1. The first-order valence-corrected chi connectivity index (χ1v) is 5.28. The highest BCUT2D eigenvalue weighted by Crippen LogP contribution is 2.20. The van der Waals surface area contributed by atoms with Crippen LogP contribution in [0.25, 0.3) is 0 Å². The first kappa shape index (κ1) is 10.9. The highest BCUT2D eigenvalue weighted by molar-refractivity contribution is 5.90. The number of aromatic nitrogens is 3. The van der Waals surface area contributed by atoms with E-state index in [1.54, 1.807) is 4.90 Å². The largest absolute Gasteiger partial charge is 0.396 e. The van der Waals surface area contributed by atoms with E-state index in [1.165, 1.54) is 0 Å². The van der Waals surface area contributed by atoms with E-state index in [-0.39, 0.29) is 24.3 Å². The van der Waals surface area contributed by atoms with E-state index in [2.05, 4.69) is 15.2 Å². The van der Waals surface area contributed by atoms with Crippen LogP contribution in [0.15, 0.2) is 0 Å². The number of aliphatic hydroxyl groups is 1.